The fourth-order valence-electron chi connectivity index (χ4n) is 8.05. The molecule has 4 heterocycles. The molecule has 4 atom stereocenters. The highest BCUT2D eigenvalue weighted by Gasteiger charge is 2.37. The van der Waals surface area contributed by atoms with Crippen LogP contribution in [0.1, 0.15) is 46.2 Å². The van der Waals surface area contributed by atoms with Crippen molar-refractivity contribution in [2.45, 2.75) is 58.6 Å². The normalized spacial score (nSPS) is 21.0. The lowest BCUT2D eigenvalue weighted by Crippen LogP contribution is -2.35. The summed E-state index contributed by atoms with van der Waals surface area (Å²) in [5.41, 5.74) is 7.09. The number of ether oxygens (including phenoxy) is 4. The smallest absolute Gasteiger partial charge is 0.321 e. The number of benzene rings is 3. The topological polar surface area (TPSA) is 138 Å². The molecule has 0 bridgehead atoms. The molecule has 1 aromatic heterocycles. The second-order valence-electron chi connectivity index (χ2n) is 14.9. The molecule has 7 rings (SSSR count). The maximum Gasteiger partial charge on any atom is 0.321 e. The molecule has 11 nitrogen and oxygen atoms in total. The van der Waals surface area contributed by atoms with Crippen LogP contribution in [0.25, 0.3) is 11.1 Å². The van der Waals surface area contributed by atoms with Crippen LogP contribution in [0.2, 0.25) is 5.02 Å². The van der Waals surface area contributed by atoms with Gasteiger partial charge >= 0.3 is 5.97 Å². The van der Waals surface area contributed by atoms with Gasteiger partial charge in [-0.25, -0.2) is 0 Å². The maximum absolute atomic E-state index is 12.0. The van der Waals surface area contributed by atoms with Crippen molar-refractivity contribution >= 4 is 17.6 Å². The quantitative estimate of drug-likeness (QED) is 0.130. The van der Waals surface area contributed by atoms with E-state index in [1.165, 1.54) is 6.20 Å². The molecule has 288 valence electrons. The van der Waals surface area contributed by atoms with Crippen LogP contribution in [-0.2, 0) is 29.3 Å². The lowest BCUT2D eigenvalue weighted by Gasteiger charge is -2.23. The van der Waals surface area contributed by atoms with E-state index in [1.54, 1.807) is 29.3 Å². The molecule has 3 aromatic carbocycles. The number of fused-ring (bicyclic) bond motifs is 1. The van der Waals surface area contributed by atoms with Crippen molar-refractivity contribution in [2.75, 3.05) is 46.0 Å². The zero-order chi connectivity index (χ0) is 38.5. The number of aliphatic hydroxyl groups excluding tert-OH is 1. The first kappa shape index (κ1) is 38.6. The molecule has 0 radical (unpaired) electrons. The summed E-state index contributed by atoms with van der Waals surface area (Å²) in [4.78, 5) is 20.3. The average molecular weight is 767 g/mol. The van der Waals surface area contributed by atoms with Gasteiger partial charge in [-0.05, 0) is 66.3 Å². The summed E-state index contributed by atoms with van der Waals surface area (Å²) in [6.07, 6.45) is 3.47. The summed E-state index contributed by atoms with van der Waals surface area (Å²) >= 11 is 6.82. The molecule has 55 heavy (non-hydrogen) atoms. The number of nitriles is 1. The zero-order valence-corrected chi connectivity index (χ0v) is 32.0. The lowest BCUT2D eigenvalue weighted by molar-refractivity contribution is -0.142. The first-order valence-electron chi connectivity index (χ1n) is 18.8. The van der Waals surface area contributed by atoms with Gasteiger partial charge in [-0.15, -0.1) is 0 Å². The molecular weight excluding hydrogens is 720 g/mol. The van der Waals surface area contributed by atoms with Gasteiger partial charge in [0.15, 0.2) is 0 Å². The monoisotopic (exact) mass is 766 g/mol. The van der Waals surface area contributed by atoms with Crippen LogP contribution in [0.15, 0.2) is 67.0 Å². The standard InChI is InChI=1S/C43H47ClN4O7/c1-27-31(6-3-7-36(27)37-8-4-9-40(28(37)2)53-11-5-10-47-19-33-24-52-25-34(33)20-47)26-55-42-15-41(54-23-30-12-29(16-45)17-46-18-30)32(13-38(42)44)21-48-22-35(49)14-39(48)43(50)51/h3-4,6-9,12-13,15,17-18,33-35,39,49H,5,10-11,14,19-26H2,1-2H3,(H,50,51)/t33?,34?,35-,39-/m0/s1. The minimum Gasteiger partial charge on any atom is -0.493 e. The number of aliphatic carboxylic acids is 1. The number of likely N-dealkylation sites (tertiary alicyclic amines) is 2. The van der Waals surface area contributed by atoms with E-state index in [2.05, 4.69) is 41.9 Å². The van der Waals surface area contributed by atoms with Crippen LogP contribution in [0, 0.1) is 37.0 Å². The van der Waals surface area contributed by atoms with E-state index in [1.807, 2.05) is 24.3 Å². The van der Waals surface area contributed by atoms with Crippen molar-refractivity contribution in [3.05, 3.63) is 105 Å². The minimum absolute atomic E-state index is 0.111. The van der Waals surface area contributed by atoms with E-state index in [4.69, 9.17) is 30.5 Å². The number of halogens is 1. The Morgan fingerprint density at radius 2 is 1.67 bits per heavy atom. The molecular formula is C43H47ClN4O7. The van der Waals surface area contributed by atoms with Crippen LogP contribution >= 0.6 is 11.6 Å². The van der Waals surface area contributed by atoms with Gasteiger partial charge in [0.25, 0.3) is 0 Å². The molecule has 2 unspecified atom stereocenters. The van der Waals surface area contributed by atoms with Gasteiger partial charge in [-0.1, -0.05) is 41.9 Å². The Bertz CT molecular complexity index is 2040. The first-order chi connectivity index (χ1) is 26.7. The van der Waals surface area contributed by atoms with Crippen LogP contribution < -0.4 is 14.2 Å². The van der Waals surface area contributed by atoms with Gasteiger partial charge in [0.05, 0.1) is 36.5 Å². The molecule has 3 aliphatic rings. The number of aliphatic hydroxyl groups is 1. The number of nitrogens with zero attached hydrogens (tertiary/aromatic N) is 4. The van der Waals surface area contributed by atoms with Crippen LogP contribution in [-0.4, -0.2) is 89.1 Å². The largest absolute Gasteiger partial charge is 0.493 e. The summed E-state index contributed by atoms with van der Waals surface area (Å²) in [5.74, 6) is 2.12. The Labute approximate surface area is 327 Å². The van der Waals surface area contributed by atoms with Gasteiger partial charge in [0.2, 0.25) is 0 Å². The molecule has 3 saturated heterocycles. The van der Waals surface area contributed by atoms with E-state index >= 15 is 0 Å². The second-order valence-corrected chi connectivity index (χ2v) is 15.3. The molecule has 3 aliphatic heterocycles. The number of carboxylic acid groups (broad SMARTS) is 1. The van der Waals surface area contributed by atoms with Crippen LogP contribution in [0.5, 0.6) is 17.2 Å². The second kappa shape index (κ2) is 17.4. The number of hydrogen-bond acceptors (Lipinski definition) is 10. The lowest BCUT2D eigenvalue weighted by atomic mass is 9.93. The summed E-state index contributed by atoms with van der Waals surface area (Å²) in [6.45, 7) is 10.7. The summed E-state index contributed by atoms with van der Waals surface area (Å²) in [7, 11) is 0. The third kappa shape index (κ3) is 9.07. The highest BCUT2D eigenvalue weighted by atomic mass is 35.5. The Kier molecular flexibility index (Phi) is 12.2. The first-order valence-corrected chi connectivity index (χ1v) is 19.2. The van der Waals surface area contributed by atoms with Gasteiger partial charge in [0, 0.05) is 80.6 Å². The average Bonchev–Trinajstić information content (AvgIpc) is 3.89. The van der Waals surface area contributed by atoms with E-state index < -0.39 is 18.1 Å². The van der Waals surface area contributed by atoms with Crippen molar-refractivity contribution in [1.29, 1.82) is 5.26 Å². The highest BCUT2D eigenvalue weighted by Crippen LogP contribution is 2.38. The van der Waals surface area contributed by atoms with Gasteiger partial charge < -0.3 is 34.1 Å². The fraction of sp³-hybridized carbons (Fsp3) is 0.419. The van der Waals surface area contributed by atoms with E-state index in [-0.39, 0.29) is 32.7 Å². The Morgan fingerprint density at radius 3 is 2.44 bits per heavy atom. The molecule has 12 heteroatoms. The van der Waals surface area contributed by atoms with Crippen LogP contribution in [0.4, 0.5) is 0 Å². The van der Waals surface area contributed by atoms with Crippen molar-refractivity contribution in [3.8, 4) is 34.4 Å². The molecule has 0 saturated carbocycles. The number of aromatic nitrogens is 1. The molecule has 2 N–H and O–H groups in total. The highest BCUT2D eigenvalue weighted by molar-refractivity contribution is 6.32. The van der Waals surface area contributed by atoms with E-state index in [0.29, 0.717) is 51.7 Å². The Hall–Kier alpha value is -4.70. The van der Waals surface area contributed by atoms with E-state index in [9.17, 15) is 20.3 Å². The molecule has 4 aromatic rings. The van der Waals surface area contributed by atoms with E-state index in [0.717, 1.165) is 72.8 Å². The summed E-state index contributed by atoms with van der Waals surface area (Å²) in [6, 6.07) is 18.8. The molecule has 3 fully saturated rings. The van der Waals surface area contributed by atoms with Gasteiger partial charge in [-0.3, -0.25) is 14.7 Å². The van der Waals surface area contributed by atoms with Crippen molar-refractivity contribution in [3.63, 3.8) is 0 Å². The molecule has 0 aliphatic carbocycles. The zero-order valence-electron chi connectivity index (χ0n) is 31.2. The number of carboxylic acids is 1. The third-order valence-corrected chi connectivity index (χ3v) is 11.4. The number of pyridine rings is 1. The van der Waals surface area contributed by atoms with Gasteiger partial charge in [0.1, 0.15) is 42.6 Å². The predicted molar refractivity (Wildman–Crippen MR) is 207 cm³/mol. The van der Waals surface area contributed by atoms with Crippen molar-refractivity contribution < 1.29 is 34.0 Å². The number of rotatable bonds is 15. The molecule has 0 spiro atoms. The summed E-state index contributed by atoms with van der Waals surface area (Å²) in [5, 5.41) is 29.7. The van der Waals surface area contributed by atoms with Crippen LogP contribution in [0.3, 0.4) is 0 Å². The van der Waals surface area contributed by atoms with Crippen molar-refractivity contribution in [1.82, 2.24) is 14.8 Å². The fourth-order valence-corrected chi connectivity index (χ4v) is 8.29. The predicted octanol–water partition coefficient (Wildman–Crippen LogP) is 6.42. The Balaban J connectivity index is 1.05. The number of carbonyl (C=O) groups is 1. The molecule has 0 amide bonds. The summed E-state index contributed by atoms with van der Waals surface area (Å²) < 4.78 is 24.6. The van der Waals surface area contributed by atoms with Gasteiger partial charge in [-0.2, -0.15) is 5.26 Å². The SMILES string of the molecule is Cc1c(COc2cc(OCc3cncc(C#N)c3)c(CN3C[C@@H](O)C[C@H]3C(=O)O)cc2Cl)cccc1-c1cccc(OCCCN2CC3COCC3C2)c1C. The van der Waals surface area contributed by atoms with Crippen molar-refractivity contribution in [2.24, 2.45) is 11.8 Å². The maximum atomic E-state index is 12.0. The number of β-amino-alcohol motifs (C(OH)–C–C–N with tert-alkyl or cyclic N) is 1. The third-order valence-electron chi connectivity index (χ3n) is 11.1. The number of hydrogen-bond donors (Lipinski definition) is 2. The minimum atomic E-state index is -0.998. The Morgan fingerprint density at radius 1 is 0.927 bits per heavy atom.